The van der Waals surface area contributed by atoms with Crippen LogP contribution >= 0.6 is 0 Å². The van der Waals surface area contributed by atoms with Crippen molar-refractivity contribution >= 4 is 110 Å². The molecule has 4 N–H and O–H groups in total. The van der Waals surface area contributed by atoms with Gasteiger partial charge in [0.2, 0.25) is 23.6 Å². The molecule has 25 nitrogen and oxygen atoms in total. The summed E-state index contributed by atoms with van der Waals surface area (Å²) in [4.78, 5) is 137. The Morgan fingerprint density at radius 2 is 0.907 bits per heavy atom. The molecule has 0 aromatic heterocycles. The van der Waals surface area contributed by atoms with Crippen LogP contribution in [0.25, 0.3) is 0 Å². The Bertz CT molecular complexity index is 4720. The van der Waals surface area contributed by atoms with Crippen LogP contribution in [0.3, 0.4) is 0 Å². The highest BCUT2D eigenvalue weighted by Crippen LogP contribution is 2.45. The molecule has 118 heavy (non-hydrogen) atoms. The van der Waals surface area contributed by atoms with Crippen molar-refractivity contribution in [1.82, 2.24) is 10.6 Å². The average Bonchev–Trinajstić information content (AvgIpc) is 1.61. The molecule has 6 aromatic carbocycles. The molecule has 0 radical (unpaired) electrons. The number of aliphatic imine (C=N–C) groups is 1. The molecule has 4 aliphatic heterocycles. The minimum atomic E-state index is -2.13. The molecule has 0 unspecified atom stereocenters. The van der Waals surface area contributed by atoms with Gasteiger partial charge in [-0.15, -0.1) is 0 Å². The van der Waals surface area contributed by atoms with Crippen molar-refractivity contribution in [3.8, 4) is 23.0 Å². The summed E-state index contributed by atoms with van der Waals surface area (Å²) in [6.45, 7) is 29.3. The van der Waals surface area contributed by atoms with E-state index in [9.17, 15) is 47.9 Å². The minimum absolute atomic E-state index is 0.00381. The van der Waals surface area contributed by atoms with Crippen LogP contribution in [0.2, 0.25) is 36.3 Å². The van der Waals surface area contributed by atoms with Gasteiger partial charge in [-0.25, -0.2) is 0 Å². The smallest absolute Gasteiger partial charge is 0.305 e. The zero-order valence-electron chi connectivity index (χ0n) is 71.9. The zero-order valence-corrected chi connectivity index (χ0v) is 73.9. The Labute approximate surface area is 696 Å². The van der Waals surface area contributed by atoms with Crippen molar-refractivity contribution < 1.29 is 85.2 Å². The van der Waals surface area contributed by atoms with Crippen LogP contribution in [-0.2, 0) is 102 Å². The van der Waals surface area contributed by atoms with Crippen LogP contribution in [0.5, 0.6) is 23.0 Å². The molecule has 0 bridgehead atoms. The van der Waals surface area contributed by atoms with Gasteiger partial charge in [-0.05, 0) is 201 Å². The van der Waals surface area contributed by atoms with Gasteiger partial charge in [0.1, 0.15) is 13.2 Å². The highest BCUT2D eigenvalue weighted by molar-refractivity contribution is 6.74. The molecule has 0 saturated carbocycles. The first-order valence-corrected chi connectivity index (χ1v) is 46.6. The van der Waals surface area contributed by atoms with Crippen LogP contribution in [0.1, 0.15) is 200 Å². The number of para-hydroxylation sites is 2. The third-order valence-corrected chi connectivity index (χ3v) is 32.1. The maximum atomic E-state index is 14.0. The van der Waals surface area contributed by atoms with Gasteiger partial charge < -0.3 is 63.4 Å². The number of carbonyl (C=O) groups excluding carboxylic acids is 10. The first-order chi connectivity index (χ1) is 55.8. The molecule has 10 rings (SSSR count). The number of fused-ring (bicyclic) bond motifs is 8. The highest BCUT2D eigenvalue weighted by Gasteiger charge is 2.42. The van der Waals surface area contributed by atoms with Crippen molar-refractivity contribution in [2.45, 2.75) is 246 Å². The van der Waals surface area contributed by atoms with Crippen LogP contribution in [0.15, 0.2) is 114 Å². The van der Waals surface area contributed by atoms with E-state index in [2.05, 4.69) is 105 Å². The van der Waals surface area contributed by atoms with Gasteiger partial charge in [-0.3, -0.25) is 57.8 Å². The number of ketones is 2. The van der Waals surface area contributed by atoms with Crippen LogP contribution in [-0.4, -0.2) is 134 Å². The van der Waals surface area contributed by atoms with Crippen LogP contribution in [0.4, 0.5) is 28.4 Å². The first kappa shape index (κ1) is 91.5. The molecular formula is C91H119N7O18Si2. The summed E-state index contributed by atoms with van der Waals surface area (Å²) in [7, 11) is 1.48. The standard InChI is InChI=1S/C46H61N3O9Si.C45H58N4O9Si/c1-29(20-39(50)30(2)47-42(51)16-12-13-17-43(52)56-7)44(53)48-35-22-31(21-32(23-35)28-58-59(8,9)46(3,4)5)27-57-41-25-33-18-19-36-24-34-14-10-11-15-38(34)49(36)45(54)37(33)26-40(41)55-6;1-28(18-38(50)29(2)47-41(51)16-12-13-17-42(52)56-7)43(53)48-33-20-30(19-31(21-33)27-58-59(8,9)45(3,4)5)26-57-40-24-36-35(23-39(40)55-6)44(54)49-34(25-46-36)22-32-14-10-11-15-37(32)49/h10-11,14-15,21-23,25-26,29-30,36H,12-13,16-20,24,27-28H2,1-9H3,(H,47,51)(H,48,53);10-11,14-15,19-21,23-25,28-29,34H,12-13,16-18,22,26-27H2,1-9H3,(H,47,51)(H,48,53)/t29-,30+,36-;28-,29+,34+/m11/s1. The Hall–Kier alpha value is -10.4. The Morgan fingerprint density at radius 1 is 0.492 bits per heavy atom. The molecule has 6 amide bonds. The number of ether oxygens (including phenoxy) is 6. The number of nitrogens with one attached hydrogen (secondary N) is 4. The molecule has 6 atom stereocenters. The lowest BCUT2D eigenvalue weighted by Gasteiger charge is -2.36. The normalized spacial score (nSPS) is 15.7. The Kier molecular flexibility index (Phi) is 31.3. The second-order valence-electron chi connectivity index (χ2n) is 34.3. The number of methoxy groups -OCH3 is 4. The maximum absolute atomic E-state index is 14.0. The third kappa shape index (κ3) is 24.0. The first-order valence-electron chi connectivity index (χ1n) is 40.8. The van der Waals surface area contributed by atoms with Gasteiger partial charge in [0.05, 0.1) is 71.0 Å². The Morgan fingerprint density at radius 3 is 1.36 bits per heavy atom. The number of benzene rings is 6. The average molecular weight is 1660 g/mol. The number of hydrogen-bond donors (Lipinski definition) is 4. The number of amides is 6. The summed E-state index contributed by atoms with van der Waals surface area (Å²) in [5.74, 6) is -2.28. The van der Waals surface area contributed by atoms with Gasteiger partial charge in [0, 0.05) is 103 Å². The predicted octanol–water partition coefficient (Wildman–Crippen LogP) is 15.9. The van der Waals surface area contributed by atoms with Gasteiger partial charge in [-0.2, -0.15) is 0 Å². The zero-order chi connectivity index (χ0) is 86.1. The van der Waals surface area contributed by atoms with Gasteiger partial charge in [0.25, 0.3) is 11.8 Å². The quantitative estimate of drug-likeness (QED) is 0.0161. The van der Waals surface area contributed by atoms with E-state index < -0.39 is 40.6 Å². The van der Waals surface area contributed by atoms with Crippen molar-refractivity contribution in [1.29, 1.82) is 0 Å². The highest BCUT2D eigenvalue weighted by atomic mass is 28.4. The number of Topliss-reactive ketones (excluding diaryl/α,β-unsaturated/α-hetero) is 2. The fourth-order valence-corrected chi connectivity index (χ4v) is 15.9. The van der Waals surface area contributed by atoms with E-state index in [4.69, 9.17) is 32.8 Å². The van der Waals surface area contributed by atoms with E-state index in [1.807, 2.05) is 96.0 Å². The molecule has 0 spiro atoms. The summed E-state index contributed by atoms with van der Waals surface area (Å²) in [6, 6.07) is 32.8. The van der Waals surface area contributed by atoms with Crippen molar-refractivity contribution in [2.75, 3.05) is 48.9 Å². The van der Waals surface area contributed by atoms with Crippen LogP contribution < -0.4 is 50.0 Å². The van der Waals surface area contributed by atoms with Crippen LogP contribution in [0, 0.1) is 11.8 Å². The minimum Gasteiger partial charge on any atom is -0.493 e. The molecule has 634 valence electrons. The fourth-order valence-electron chi connectivity index (χ4n) is 13.9. The lowest BCUT2D eigenvalue weighted by atomic mass is 9.99. The Balaban J connectivity index is 0.000000269. The van der Waals surface area contributed by atoms with E-state index in [1.54, 1.807) is 57.9 Å². The van der Waals surface area contributed by atoms with Gasteiger partial charge in [0.15, 0.2) is 51.2 Å². The molecular weight excluding hydrogens is 1540 g/mol. The lowest BCUT2D eigenvalue weighted by molar-refractivity contribution is -0.141. The number of anilines is 4. The van der Waals surface area contributed by atoms with E-state index >= 15 is 0 Å². The summed E-state index contributed by atoms with van der Waals surface area (Å²) < 4.78 is 46.6. The summed E-state index contributed by atoms with van der Waals surface area (Å²) in [5, 5.41) is 11.4. The molecule has 6 aromatic rings. The van der Waals surface area contributed by atoms with E-state index in [0.717, 1.165) is 64.0 Å². The number of carbonyl (C=O) groups is 10. The van der Waals surface area contributed by atoms with Crippen molar-refractivity contribution in [3.05, 3.63) is 159 Å². The second kappa shape index (κ2) is 40.4. The summed E-state index contributed by atoms with van der Waals surface area (Å²) in [6.07, 6.45) is 7.54. The summed E-state index contributed by atoms with van der Waals surface area (Å²) >= 11 is 0. The number of rotatable bonds is 36. The number of unbranched alkanes of at least 4 members (excludes halogenated alkanes) is 2. The topological polar surface area (TPSA) is 312 Å². The number of aryl methyl sites for hydroxylation is 1. The van der Waals surface area contributed by atoms with E-state index in [-0.39, 0.29) is 133 Å². The number of esters is 2. The van der Waals surface area contributed by atoms with Crippen molar-refractivity contribution in [3.63, 3.8) is 0 Å². The van der Waals surface area contributed by atoms with Crippen molar-refractivity contribution in [2.24, 2.45) is 16.8 Å². The van der Waals surface area contributed by atoms with E-state index in [1.165, 1.54) is 26.9 Å². The maximum Gasteiger partial charge on any atom is 0.305 e. The molecule has 0 fully saturated rings. The largest absolute Gasteiger partial charge is 0.493 e. The predicted molar refractivity (Wildman–Crippen MR) is 460 cm³/mol. The molecule has 0 aliphatic carbocycles. The lowest BCUT2D eigenvalue weighted by Crippen LogP contribution is -2.40. The number of nitrogens with zero attached hydrogens (tertiary/aromatic N) is 3. The van der Waals surface area contributed by atoms with Gasteiger partial charge in [-0.1, -0.05) is 91.8 Å². The molecule has 27 heteroatoms. The third-order valence-electron chi connectivity index (χ3n) is 23.2. The SMILES string of the molecule is COC(=O)CCCCC(=O)N[C@@H](C)C(=O)C[C@@H](C)C(=O)Nc1cc(COc2cc3c(cc2OC)C(=O)N2c4ccccc4C[C@H]2C=N3)cc(CO[Si](C)(C)C(C)(C)C)c1.COC(=O)CCCCC(=O)N[C@@H](C)C(=O)C[C@@H](C)C(=O)Nc1cc(COc2cc3c(cc2OC)C(=O)N2c4ccccc4C[C@H]2CC3)cc(CO[Si](C)(C)C(C)(C)C)c1. The second-order valence-corrected chi connectivity index (χ2v) is 43.9. The monoisotopic (exact) mass is 1650 g/mol. The van der Waals surface area contributed by atoms with E-state index in [0.29, 0.717) is 96.5 Å². The number of hydrogen-bond acceptors (Lipinski definition) is 19. The molecule has 0 saturated heterocycles. The van der Waals surface area contributed by atoms with Gasteiger partial charge >= 0.3 is 11.9 Å². The molecule has 4 aliphatic rings. The molecule has 4 heterocycles. The summed E-state index contributed by atoms with van der Waals surface area (Å²) in [5.41, 5.74) is 10.8. The fraction of sp³-hybridized carbons (Fsp3) is 0.484.